The molecule has 1 aromatic rings. The number of hydrogen-bond acceptors (Lipinski definition) is 2. The first-order valence-corrected chi connectivity index (χ1v) is 8.92. The molecule has 0 amide bonds. The van der Waals surface area contributed by atoms with E-state index in [0.29, 0.717) is 11.5 Å². The lowest BCUT2D eigenvalue weighted by molar-refractivity contribution is -0.0357. The third-order valence-electron chi connectivity index (χ3n) is 4.27. The molecule has 2 rings (SSSR count). The lowest BCUT2D eigenvalue weighted by Crippen LogP contribution is -2.28. The largest absolute Gasteiger partial charge is 0.497 e. The van der Waals surface area contributed by atoms with Gasteiger partial charge in [-0.3, -0.25) is 0 Å². The molecule has 1 aliphatic rings. The van der Waals surface area contributed by atoms with Crippen LogP contribution < -0.4 is 4.74 Å². The zero-order valence-corrected chi connectivity index (χ0v) is 14.9. The standard InChI is InChI=1S/C17H25IO2/c1-17(2)10-8-15(9-11-17)20-16(12-18)13-4-6-14(19-3)7-5-13/h4-7,15-16H,8-12H2,1-3H3. The van der Waals surface area contributed by atoms with Crippen LogP contribution in [0.2, 0.25) is 0 Å². The van der Waals surface area contributed by atoms with E-state index in [1.807, 2.05) is 12.1 Å². The molecule has 1 fully saturated rings. The summed E-state index contributed by atoms with van der Waals surface area (Å²) in [5.41, 5.74) is 1.75. The van der Waals surface area contributed by atoms with Crippen LogP contribution in [-0.2, 0) is 4.74 Å². The van der Waals surface area contributed by atoms with Crippen LogP contribution in [-0.4, -0.2) is 17.6 Å². The fourth-order valence-corrected chi connectivity index (χ4v) is 3.48. The number of methoxy groups -OCH3 is 1. The van der Waals surface area contributed by atoms with Gasteiger partial charge in [-0.25, -0.2) is 0 Å². The van der Waals surface area contributed by atoms with Gasteiger partial charge in [-0.2, -0.15) is 0 Å². The second kappa shape index (κ2) is 7.12. The zero-order chi connectivity index (χ0) is 14.6. The van der Waals surface area contributed by atoms with Crippen LogP contribution in [0, 0.1) is 5.41 Å². The quantitative estimate of drug-likeness (QED) is 0.513. The summed E-state index contributed by atoms with van der Waals surface area (Å²) in [7, 11) is 1.70. The Bertz CT molecular complexity index is 404. The van der Waals surface area contributed by atoms with E-state index in [0.717, 1.165) is 10.2 Å². The summed E-state index contributed by atoms with van der Waals surface area (Å²) in [6.45, 7) is 4.73. The number of ether oxygens (including phenoxy) is 2. The second-order valence-corrected chi connectivity index (χ2v) is 7.30. The molecule has 1 unspecified atom stereocenters. The van der Waals surface area contributed by atoms with Crippen LogP contribution in [0.4, 0.5) is 0 Å². The molecule has 0 N–H and O–H groups in total. The molecule has 3 heteroatoms. The molecule has 0 aromatic heterocycles. The van der Waals surface area contributed by atoms with E-state index >= 15 is 0 Å². The van der Waals surface area contributed by atoms with Crippen molar-refractivity contribution < 1.29 is 9.47 Å². The Balaban J connectivity index is 1.95. The highest BCUT2D eigenvalue weighted by Crippen LogP contribution is 2.38. The summed E-state index contributed by atoms with van der Waals surface area (Å²) in [5.74, 6) is 0.903. The van der Waals surface area contributed by atoms with Crippen LogP contribution in [0.15, 0.2) is 24.3 Å². The Morgan fingerprint density at radius 3 is 2.30 bits per heavy atom. The minimum atomic E-state index is 0.202. The highest BCUT2D eigenvalue weighted by Gasteiger charge is 2.28. The van der Waals surface area contributed by atoms with E-state index in [4.69, 9.17) is 9.47 Å². The summed E-state index contributed by atoms with van der Waals surface area (Å²) in [6, 6.07) is 8.27. The topological polar surface area (TPSA) is 18.5 Å². The van der Waals surface area contributed by atoms with Crippen molar-refractivity contribution in [2.24, 2.45) is 5.41 Å². The van der Waals surface area contributed by atoms with E-state index < -0.39 is 0 Å². The maximum absolute atomic E-state index is 6.35. The molecular formula is C17H25IO2. The fraction of sp³-hybridized carbons (Fsp3) is 0.647. The molecule has 112 valence electrons. The van der Waals surface area contributed by atoms with Crippen molar-refractivity contribution in [2.75, 3.05) is 11.5 Å². The van der Waals surface area contributed by atoms with Crippen LogP contribution in [0.5, 0.6) is 5.75 Å². The molecule has 2 nitrogen and oxygen atoms in total. The first kappa shape index (κ1) is 16.1. The van der Waals surface area contributed by atoms with Crippen molar-refractivity contribution in [3.63, 3.8) is 0 Å². The minimum Gasteiger partial charge on any atom is -0.497 e. The fourth-order valence-electron chi connectivity index (χ4n) is 2.76. The summed E-state index contributed by atoms with van der Waals surface area (Å²) < 4.78 is 12.5. The normalized spacial score (nSPS) is 20.6. The summed E-state index contributed by atoms with van der Waals surface area (Å²) in [6.07, 6.45) is 5.55. The van der Waals surface area contributed by atoms with Gasteiger partial charge in [0.25, 0.3) is 0 Å². The van der Waals surface area contributed by atoms with Crippen molar-refractivity contribution in [3.05, 3.63) is 29.8 Å². The molecule has 0 spiro atoms. The Morgan fingerprint density at radius 2 is 1.80 bits per heavy atom. The van der Waals surface area contributed by atoms with Gasteiger partial charge in [-0.1, -0.05) is 48.6 Å². The molecule has 0 radical (unpaired) electrons. The Morgan fingerprint density at radius 1 is 1.20 bits per heavy atom. The van der Waals surface area contributed by atoms with Crippen molar-refractivity contribution in [2.45, 2.75) is 51.7 Å². The maximum Gasteiger partial charge on any atom is 0.118 e. The predicted molar refractivity (Wildman–Crippen MR) is 91.7 cm³/mol. The Kier molecular flexibility index (Phi) is 5.73. The van der Waals surface area contributed by atoms with E-state index in [2.05, 4.69) is 48.6 Å². The van der Waals surface area contributed by atoms with Crippen LogP contribution in [0.25, 0.3) is 0 Å². The Labute approximate surface area is 136 Å². The van der Waals surface area contributed by atoms with Gasteiger partial charge in [0.2, 0.25) is 0 Å². The van der Waals surface area contributed by atoms with Crippen LogP contribution >= 0.6 is 22.6 Å². The molecule has 0 bridgehead atoms. The molecular weight excluding hydrogens is 363 g/mol. The van der Waals surface area contributed by atoms with Gasteiger partial charge in [0.1, 0.15) is 5.75 Å². The Hall–Kier alpha value is -0.290. The molecule has 0 heterocycles. The monoisotopic (exact) mass is 388 g/mol. The first-order valence-electron chi connectivity index (χ1n) is 7.39. The van der Waals surface area contributed by atoms with Gasteiger partial charge < -0.3 is 9.47 Å². The van der Waals surface area contributed by atoms with Gasteiger partial charge in [0, 0.05) is 4.43 Å². The zero-order valence-electron chi connectivity index (χ0n) is 12.7. The van der Waals surface area contributed by atoms with Crippen LogP contribution in [0.1, 0.15) is 51.2 Å². The SMILES string of the molecule is COc1ccc(C(CI)OC2CCC(C)(C)CC2)cc1. The minimum absolute atomic E-state index is 0.202. The van der Waals surface area contributed by atoms with Crippen molar-refractivity contribution in [1.29, 1.82) is 0 Å². The van der Waals surface area contributed by atoms with E-state index in [9.17, 15) is 0 Å². The highest BCUT2D eigenvalue weighted by atomic mass is 127. The molecule has 1 aliphatic carbocycles. The van der Waals surface area contributed by atoms with Crippen molar-refractivity contribution in [3.8, 4) is 5.75 Å². The van der Waals surface area contributed by atoms with Crippen molar-refractivity contribution in [1.82, 2.24) is 0 Å². The van der Waals surface area contributed by atoms with Gasteiger partial charge in [0.15, 0.2) is 0 Å². The number of rotatable bonds is 5. The van der Waals surface area contributed by atoms with E-state index in [-0.39, 0.29) is 6.10 Å². The lowest BCUT2D eigenvalue weighted by atomic mass is 9.76. The highest BCUT2D eigenvalue weighted by molar-refractivity contribution is 14.1. The van der Waals surface area contributed by atoms with E-state index in [1.165, 1.54) is 31.2 Å². The molecule has 20 heavy (non-hydrogen) atoms. The number of hydrogen-bond donors (Lipinski definition) is 0. The molecule has 1 atom stereocenters. The summed E-state index contributed by atoms with van der Waals surface area (Å²) in [4.78, 5) is 0. The number of alkyl halides is 1. The predicted octanol–water partition coefficient (Wildman–Crippen LogP) is 5.16. The van der Waals surface area contributed by atoms with Gasteiger partial charge in [-0.15, -0.1) is 0 Å². The summed E-state index contributed by atoms with van der Waals surface area (Å²) in [5, 5.41) is 0. The van der Waals surface area contributed by atoms with Crippen LogP contribution in [0.3, 0.4) is 0 Å². The van der Waals surface area contributed by atoms with Crippen molar-refractivity contribution >= 4 is 22.6 Å². The van der Waals surface area contributed by atoms with Gasteiger partial charge >= 0.3 is 0 Å². The average molecular weight is 388 g/mol. The molecule has 1 saturated carbocycles. The van der Waals surface area contributed by atoms with Gasteiger partial charge in [-0.05, 0) is 48.8 Å². The molecule has 1 aromatic carbocycles. The third kappa shape index (κ3) is 4.35. The average Bonchev–Trinajstić information content (AvgIpc) is 2.46. The third-order valence-corrected chi connectivity index (χ3v) is 5.07. The lowest BCUT2D eigenvalue weighted by Gasteiger charge is -2.35. The number of halogens is 1. The van der Waals surface area contributed by atoms with E-state index in [1.54, 1.807) is 7.11 Å². The second-order valence-electron chi connectivity index (χ2n) is 6.42. The number of benzene rings is 1. The smallest absolute Gasteiger partial charge is 0.118 e. The molecule has 0 aliphatic heterocycles. The summed E-state index contributed by atoms with van der Waals surface area (Å²) >= 11 is 2.42. The maximum atomic E-state index is 6.35. The first-order chi connectivity index (χ1) is 9.54. The van der Waals surface area contributed by atoms with Gasteiger partial charge in [0.05, 0.1) is 19.3 Å². The molecule has 0 saturated heterocycles.